The summed E-state index contributed by atoms with van der Waals surface area (Å²) in [5.41, 5.74) is 0. The van der Waals surface area contributed by atoms with Crippen molar-refractivity contribution in [1.82, 2.24) is 5.32 Å². The minimum atomic E-state index is 0.756. The smallest absolute Gasteiger partial charge is 0.0480 e. The second-order valence-electron chi connectivity index (χ2n) is 7.01. The van der Waals surface area contributed by atoms with Crippen LogP contribution in [-0.2, 0) is 4.74 Å². The summed E-state index contributed by atoms with van der Waals surface area (Å²) in [6, 6.07) is 1.62. The van der Waals surface area contributed by atoms with E-state index in [-0.39, 0.29) is 0 Å². The highest BCUT2D eigenvalue weighted by atomic mass is 16.5. The van der Waals surface area contributed by atoms with E-state index in [4.69, 9.17) is 4.74 Å². The first-order valence-electron chi connectivity index (χ1n) is 7.72. The quantitative estimate of drug-likeness (QED) is 0.794. The lowest BCUT2D eigenvalue weighted by molar-refractivity contribution is -0.0249. The molecule has 0 unspecified atom stereocenters. The topological polar surface area (TPSA) is 21.3 Å². The van der Waals surface area contributed by atoms with Gasteiger partial charge >= 0.3 is 0 Å². The maximum absolute atomic E-state index is 5.47. The summed E-state index contributed by atoms with van der Waals surface area (Å²) < 4.78 is 5.47. The summed E-state index contributed by atoms with van der Waals surface area (Å²) in [5.74, 6) is 4.25. The number of hydrogen-bond acceptors (Lipinski definition) is 2. The summed E-state index contributed by atoms with van der Waals surface area (Å²) >= 11 is 0. The first kappa shape index (κ1) is 10.8. The van der Waals surface area contributed by atoms with E-state index in [2.05, 4.69) is 5.32 Å². The van der Waals surface area contributed by atoms with Crippen LogP contribution in [0.4, 0.5) is 0 Å². The highest BCUT2D eigenvalue weighted by Gasteiger charge is 2.48. The average molecular weight is 235 g/mol. The summed E-state index contributed by atoms with van der Waals surface area (Å²) in [5, 5.41) is 4.02. The Kier molecular flexibility index (Phi) is 2.69. The molecule has 2 nitrogen and oxygen atoms in total. The van der Waals surface area contributed by atoms with E-state index in [0.717, 1.165) is 49.0 Å². The van der Waals surface area contributed by atoms with E-state index in [1.165, 1.54) is 38.5 Å². The van der Waals surface area contributed by atoms with E-state index in [1.807, 2.05) is 0 Å². The lowest BCUT2D eigenvalue weighted by Gasteiger charge is -2.55. The highest BCUT2D eigenvalue weighted by molar-refractivity contribution is 5.02. The number of rotatable bonds is 2. The molecule has 2 heteroatoms. The van der Waals surface area contributed by atoms with Crippen molar-refractivity contribution in [2.45, 2.75) is 57.0 Å². The van der Waals surface area contributed by atoms with Crippen LogP contribution in [0.2, 0.25) is 0 Å². The van der Waals surface area contributed by atoms with Gasteiger partial charge in [0, 0.05) is 25.3 Å². The summed E-state index contributed by atoms with van der Waals surface area (Å²) in [6.07, 6.45) is 10.2. The maximum Gasteiger partial charge on any atom is 0.0480 e. The molecule has 0 aromatic heterocycles. The first-order chi connectivity index (χ1) is 8.38. The van der Waals surface area contributed by atoms with Gasteiger partial charge in [0.1, 0.15) is 0 Å². The van der Waals surface area contributed by atoms with Gasteiger partial charge in [-0.1, -0.05) is 0 Å². The Bertz CT molecular complexity index is 257. The Morgan fingerprint density at radius 2 is 1.35 bits per heavy atom. The van der Waals surface area contributed by atoms with Crippen molar-refractivity contribution in [1.29, 1.82) is 0 Å². The van der Waals surface area contributed by atoms with Crippen molar-refractivity contribution in [3.05, 3.63) is 0 Å². The van der Waals surface area contributed by atoms with Gasteiger partial charge in [0.25, 0.3) is 0 Å². The van der Waals surface area contributed by atoms with E-state index in [9.17, 15) is 0 Å². The zero-order valence-electron chi connectivity index (χ0n) is 10.7. The maximum atomic E-state index is 5.47. The second-order valence-corrected chi connectivity index (χ2v) is 7.01. The predicted molar refractivity (Wildman–Crippen MR) is 67.8 cm³/mol. The zero-order valence-corrected chi connectivity index (χ0v) is 10.7. The Morgan fingerprint density at radius 3 is 1.94 bits per heavy atom. The molecule has 1 aliphatic heterocycles. The van der Waals surface area contributed by atoms with Crippen LogP contribution in [-0.4, -0.2) is 25.3 Å². The highest BCUT2D eigenvalue weighted by Crippen LogP contribution is 2.53. The fourth-order valence-electron chi connectivity index (χ4n) is 5.33. The summed E-state index contributed by atoms with van der Waals surface area (Å²) in [7, 11) is 0. The fourth-order valence-corrected chi connectivity index (χ4v) is 5.33. The molecule has 0 spiro atoms. The first-order valence-corrected chi connectivity index (χ1v) is 7.72. The Balaban J connectivity index is 1.43. The molecule has 0 aromatic carbocycles. The molecule has 5 fully saturated rings. The lowest BCUT2D eigenvalue weighted by Crippen LogP contribution is -2.57. The predicted octanol–water partition coefficient (Wildman–Crippen LogP) is 2.58. The zero-order chi connectivity index (χ0) is 11.2. The van der Waals surface area contributed by atoms with Gasteiger partial charge in [-0.3, -0.25) is 0 Å². The number of hydrogen-bond donors (Lipinski definition) is 1. The molecule has 4 aliphatic carbocycles. The van der Waals surface area contributed by atoms with Gasteiger partial charge in [-0.15, -0.1) is 0 Å². The van der Waals surface area contributed by atoms with Crippen LogP contribution in [0, 0.1) is 23.7 Å². The van der Waals surface area contributed by atoms with E-state index in [1.54, 1.807) is 6.42 Å². The molecule has 0 radical (unpaired) electrons. The molecule has 0 amide bonds. The van der Waals surface area contributed by atoms with Crippen molar-refractivity contribution in [3.63, 3.8) is 0 Å². The molecular weight excluding hydrogens is 210 g/mol. The molecule has 5 rings (SSSR count). The van der Waals surface area contributed by atoms with Crippen molar-refractivity contribution in [3.8, 4) is 0 Å². The second kappa shape index (κ2) is 4.24. The van der Waals surface area contributed by atoms with Gasteiger partial charge in [-0.2, -0.15) is 0 Å². The van der Waals surface area contributed by atoms with Crippen LogP contribution in [0.15, 0.2) is 0 Å². The molecule has 1 saturated heterocycles. The van der Waals surface area contributed by atoms with E-state index < -0.39 is 0 Å². The van der Waals surface area contributed by atoms with Crippen molar-refractivity contribution in [2.75, 3.05) is 13.2 Å². The van der Waals surface area contributed by atoms with Gasteiger partial charge in [0.05, 0.1) is 0 Å². The van der Waals surface area contributed by atoms with Gasteiger partial charge in [0.15, 0.2) is 0 Å². The van der Waals surface area contributed by atoms with Crippen LogP contribution in [0.5, 0.6) is 0 Å². The molecule has 0 atom stereocenters. The van der Waals surface area contributed by atoms with Crippen LogP contribution in [0.1, 0.15) is 44.9 Å². The van der Waals surface area contributed by atoms with Gasteiger partial charge in [-0.05, 0) is 68.6 Å². The number of ether oxygens (including phenoxy) is 1. The van der Waals surface area contributed by atoms with E-state index >= 15 is 0 Å². The Labute approximate surface area is 104 Å². The SMILES string of the molecule is C1CC(NC2C3CC4CC(C3)CC2C4)CCO1. The molecule has 4 bridgehead atoms. The van der Waals surface area contributed by atoms with Crippen molar-refractivity contribution in [2.24, 2.45) is 23.7 Å². The number of nitrogens with one attached hydrogen (secondary N) is 1. The van der Waals surface area contributed by atoms with E-state index in [0.29, 0.717) is 0 Å². The summed E-state index contributed by atoms with van der Waals surface area (Å²) in [6.45, 7) is 1.95. The molecule has 5 aliphatic rings. The normalized spacial score (nSPS) is 49.8. The van der Waals surface area contributed by atoms with Crippen LogP contribution in [0.3, 0.4) is 0 Å². The van der Waals surface area contributed by atoms with Crippen molar-refractivity contribution < 1.29 is 4.74 Å². The molecular formula is C15H25NO. The molecule has 1 N–H and O–H groups in total. The molecule has 96 valence electrons. The summed E-state index contributed by atoms with van der Waals surface area (Å²) in [4.78, 5) is 0. The monoisotopic (exact) mass is 235 g/mol. The third kappa shape index (κ3) is 1.94. The fraction of sp³-hybridized carbons (Fsp3) is 1.00. The molecule has 17 heavy (non-hydrogen) atoms. The largest absolute Gasteiger partial charge is 0.381 e. The minimum absolute atomic E-state index is 0.756. The Morgan fingerprint density at radius 1 is 0.765 bits per heavy atom. The standard InChI is InChI=1S/C15H25NO/c1-3-17-4-2-14(1)16-15-12-6-10-5-11(8-12)9-13(15)7-10/h10-16H,1-9H2. The molecule has 4 saturated carbocycles. The molecule has 0 aromatic rings. The van der Waals surface area contributed by atoms with Gasteiger partial charge in [0.2, 0.25) is 0 Å². The molecule has 1 heterocycles. The third-order valence-electron chi connectivity index (χ3n) is 5.88. The van der Waals surface area contributed by atoms with Gasteiger partial charge in [-0.25, -0.2) is 0 Å². The third-order valence-corrected chi connectivity index (χ3v) is 5.88. The van der Waals surface area contributed by atoms with Gasteiger partial charge < -0.3 is 10.1 Å². The minimum Gasteiger partial charge on any atom is -0.381 e. The van der Waals surface area contributed by atoms with Crippen LogP contribution < -0.4 is 5.32 Å². The Hall–Kier alpha value is -0.0800. The van der Waals surface area contributed by atoms with Crippen LogP contribution in [0.25, 0.3) is 0 Å². The van der Waals surface area contributed by atoms with Crippen LogP contribution >= 0.6 is 0 Å². The lowest BCUT2D eigenvalue weighted by atomic mass is 9.54. The van der Waals surface area contributed by atoms with Crippen molar-refractivity contribution >= 4 is 0 Å². The average Bonchev–Trinajstić information content (AvgIpc) is 2.34.